The first-order valence-corrected chi connectivity index (χ1v) is 12.0. The van der Waals surface area contributed by atoms with Gasteiger partial charge in [0.2, 0.25) is 17.7 Å². The Morgan fingerprint density at radius 2 is 1.69 bits per heavy atom. The highest BCUT2D eigenvalue weighted by atomic mass is 32.1. The topological polar surface area (TPSA) is 111 Å². The molecule has 0 radical (unpaired) electrons. The number of carbonyl (C=O) groups excluding carboxylic acids is 4. The predicted molar refractivity (Wildman–Crippen MR) is 130 cm³/mol. The zero-order valence-corrected chi connectivity index (χ0v) is 20.5. The molecule has 184 valence electrons. The molecule has 9 nitrogen and oxygen atoms in total. The number of imide groups is 1. The number of anilines is 1. The van der Waals surface area contributed by atoms with Crippen molar-refractivity contribution in [1.29, 1.82) is 0 Å². The molecule has 0 spiro atoms. The van der Waals surface area contributed by atoms with Gasteiger partial charge in [-0.25, -0.2) is 4.79 Å². The maximum atomic E-state index is 12.9. The molecule has 1 fully saturated rings. The van der Waals surface area contributed by atoms with Crippen LogP contribution in [0, 0.1) is 11.8 Å². The van der Waals surface area contributed by atoms with Gasteiger partial charge in [0.05, 0.1) is 38.3 Å². The van der Waals surface area contributed by atoms with Crippen molar-refractivity contribution in [2.45, 2.75) is 19.8 Å². The van der Waals surface area contributed by atoms with E-state index in [2.05, 4.69) is 5.32 Å². The first-order chi connectivity index (χ1) is 16.9. The molecule has 1 aliphatic carbocycles. The van der Waals surface area contributed by atoms with Crippen molar-refractivity contribution in [3.63, 3.8) is 0 Å². The van der Waals surface area contributed by atoms with Gasteiger partial charge in [-0.1, -0.05) is 12.2 Å². The number of allylic oxidation sites excluding steroid dienone is 2. The summed E-state index contributed by atoms with van der Waals surface area (Å²) in [4.78, 5) is 52.8. The molecule has 1 saturated heterocycles. The second-order valence-corrected chi connectivity index (χ2v) is 9.16. The Hall–Kier alpha value is -3.66. The first-order valence-electron chi connectivity index (χ1n) is 11.2. The van der Waals surface area contributed by atoms with Crippen LogP contribution in [0.2, 0.25) is 0 Å². The van der Waals surface area contributed by atoms with Crippen molar-refractivity contribution in [1.82, 2.24) is 4.90 Å². The van der Waals surface area contributed by atoms with Gasteiger partial charge in [-0.15, -0.1) is 11.3 Å². The minimum Gasteiger partial charge on any atom is -0.493 e. The van der Waals surface area contributed by atoms with Crippen LogP contribution in [0.3, 0.4) is 0 Å². The summed E-state index contributed by atoms with van der Waals surface area (Å²) in [5.74, 6) is -1.55. The van der Waals surface area contributed by atoms with E-state index in [9.17, 15) is 19.2 Å². The number of likely N-dealkylation sites (tertiary alicyclic amines) is 1. The van der Waals surface area contributed by atoms with E-state index in [1.54, 1.807) is 25.1 Å². The van der Waals surface area contributed by atoms with Crippen molar-refractivity contribution in [3.05, 3.63) is 41.3 Å². The van der Waals surface area contributed by atoms with Crippen LogP contribution >= 0.6 is 11.3 Å². The second kappa shape index (κ2) is 10.3. The third-order valence-electron chi connectivity index (χ3n) is 6.04. The van der Waals surface area contributed by atoms with Crippen molar-refractivity contribution < 1.29 is 33.4 Å². The quantitative estimate of drug-likeness (QED) is 0.337. The number of hydrogen-bond donors (Lipinski definition) is 1. The van der Waals surface area contributed by atoms with Crippen molar-refractivity contribution in [2.75, 3.05) is 32.7 Å². The fourth-order valence-electron chi connectivity index (χ4n) is 4.32. The Balaban J connectivity index is 1.57. The summed E-state index contributed by atoms with van der Waals surface area (Å²) < 4.78 is 15.8. The minimum absolute atomic E-state index is 0.170. The lowest BCUT2D eigenvalue weighted by Gasteiger charge is -2.14. The molecule has 1 aromatic carbocycles. The Labute approximate surface area is 206 Å². The van der Waals surface area contributed by atoms with Crippen molar-refractivity contribution >= 4 is 40.7 Å². The van der Waals surface area contributed by atoms with Gasteiger partial charge in [0, 0.05) is 4.88 Å². The van der Waals surface area contributed by atoms with Gasteiger partial charge in [0.1, 0.15) is 11.4 Å². The molecule has 1 aliphatic heterocycles. The number of rotatable bonds is 8. The van der Waals surface area contributed by atoms with Crippen LogP contribution in [0.15, 0.2) is 36.4 Å². The summed E-state index contributed by atoms with van der Waals surface area (Å²) in [6.07, 6.45) is 4.78. The van der Waals surface area contributed by atoms with Crippen molar-refractivity contribution in [3.8, 4) is 21.9 Å². The zero-order valence-electron chi connectivity index (χ0n) is 19.7. The number of hydrogen-bond acceptors (Lipinski definition) is 8. The molecule has 2 atom stereocenters. The first kappa shape index (κ1) is 24.5. The maximum absolute atomic E-state index is 12.9. The van der Waals surface area contributed by atoms with Gasteiger partial charge in [-0.2, -0.15) is 0 Å². The summed E-state index contributed by atoms with van der Waals surface area (Å²) in [6.45, 7) is 1.45. The molecule has 2 aromatic rings. The standard InChI is InChI=1S/C25H26N2O7S/c1-4-34-25(31)22-17(12-20(35-22)14-9-10-18(32-2)19(11-14)33-3)26-21(28)13-27-23(29)15-7-5-6-8-16(15)24(27)30/h5-6,9-12,15-16H,4,7-8,13H2,1-3H3,(H,26,28). The number of thiophene rings is 1. The molecule has 10 heteroatoms. The second-order valence-electron chi connectivity index (χ2n) is 8.11. The third-order valence-corrected chi connectivity index (χ3v) is 7.20. The largest absolute Gasteiger partial charge is 0.493 e. The Morgan fingerprint density at radius 1 is 1.03 bits per heavy atom. The van der Waals surface area contributed by atoms with Crippen LogP contribution in [0.4, 0.5) is 5.69 Å². The summed E-state index contributed by atoms with van der Waals surface area (Å²) in [5.41, 5.74) is 1.00. The Morgan fingerprint density at radius 3 is 2.29 bits per heavy atom. The van der Waals surface area contributed by atoms with Crippen LogP contribution in [0.1, 0.15) is 29.4 Å². The van der Waals surface area contributed by atoms with E-state index in [0.29, 0.717) is 29.2 Å². The molecule has 1 N–H and O–H groups in total. The van der Waals surface area contributed by atoms with Crippen LogP contribution in [-0.2, 0) is 19.1 Å². The number of nitrogens with one attached hydrogen (secondary N) is 1. The van der Waals surface area contributed by atoms with E-state index in [1.165, 1.54) is 14.2 Å². The highest BCUT2D eigenvalue weighted by molar-refractivity contribution is 7.18. The lowest BCUT2D eigenvalue weighted by atomic mass is 9.85. The lowest BCUT2D eigenvalue weighted by molar-refractivity contribution is -0.142. The van der Waals surface area contributed by atoms with Crippen LogP contribution < -0.4 is 14.8 Å². The molecule has 0 bridgehead atoms. The number of nitrogens with zero attached hydrogens (tertiary/aromatic N) is 1. The lowest BCUT2D eigenvalue weighted by Crippen LogP contribution is -2.38. The molecule has 0 saturated carbocycles. The molecular formula is C25H26N2O7S. The van der Waals surface area contributed by atoms with E-state index >= 15 is 0 Å². The summed E-state index contributed by atoms with van der Waals surface area (Å²) in [7, 11) is 3.06. The molecule has 35 heavy (non-hydrogen) atoms. The average Bonchev–Trinajstić information content (AvgIpc) is 3.39. The molecular weight excluding hydrogens is 472 g/mol. The van der Waals surface area contributed by atoms with Gasteiger partial charge >= 0.3 is 5.97 Å². The smallest absolute Gasteiger partial charge is 0.350 e. The molecule has 3 amide bonds. The summed E-state index contributed by atoms with van der Waals surface area (Å²) in [6, 6.07) is 6.98. The number of amides is 3. The fourth-order valence-corrected chi connectivity index (χ4v) is 5.33. The predicted octanol–water partition coefficient (Wildman–Crippen LogP) is 3.50. The van der Waals surface area contributed by atoms with E-state index in [4.69, 9.17) is 14.2 Å². The van der Waals surface area contributed by atoms with Crippen molar-refractivity contribution in [2.24, 2.45) is 11.8 Å². The van der Waals surface area contributed by atoms with Gasteiger partial charge in [-0.3, -0.25) is 19.3 Å². The summed E-state index contributed by atoms with van der Waals surface area (Å²) >= 11 is 1.15. The van der Waals surface area contributed by atoms with Gasteiger partial charge in [0.25, 0.3) is 0 Å². The third kappa shape index (κ3) is 4.79. The maximum Gasteiger partial charge on any atom is 0.350 e. The highest BCUT2D eigenvalue weighted by Crippen LogP contribution is 2.39. The Bertz CT molecular complexity index is 1180. The monoisotopic (exact) mass is 498 g/mol. The van der Waals surface area contributed by atoms with E-state index < -0.39 is 30.3 Å². The van der Waals surface area contributed by atoms with E-state index in [0.717, 1.165) is 21.8 Å². The molecule has 2 heterocycles. The number of esters is 1. The van der Waals surface area contributed by atoms with Crippen LogP contribution in [-0.4, -0.2) is 56.0 Å². The van der Waals surface area contributed by atoms with Crippen LogP contribution in [0.5, 0.6) is 11.5 Å². The highest BCUT2D eigenvalue weighted by Gasteiger charge is 2.47. The average molecular weight is 499 g/mol. The SMILES string of the molecule is CCOC(=O)c1sc(-c2ccc(OC)c(OC)c2)cc1NC(=O)CN1C(=O)C2CC=CCC2C1=O. The number of fused-ring (bicyclic) bond motifs is 1. The normalized spacial score (nSPS) is 18.9. The zero-order chi connectivity index (χ0) is 25.1. The van der Waals surface area contributed by atoms with Crippen LogP contribution in [0.25, 0.3) is 10.4 Å². The van der Waals surface area contributed by atoms with E-state index in [1.807, 2.05) is 18.2 Å². The number of benzene rings is 1. The number of methoxy groups -OCH3 is 2. The fraction of sp³-hybridized carbons (Fsp3) is 0.360. The number of ether oxygens (including phenoxy) is 3. The Kier molecular flexibility index (Phi) is 7.20. The van der Waals surface area contributed by atoms with Gasteiger partial charge in [0.15, 0.2) is 11.5 Å². The summed E-state index contributed by atoms with van der Waals surface area (Å²) in [5, 5.41) is 2.69. The molecule has 1 aromatic heterocycles. The molecule has 2 aliphatic rings. The van der Waals surface area contributed by atoms with Gasteiger partial charge < -0.3 is 19.5 Å². The molecule has 4 rings (SSSR count). The molecule has 2 unspecified atom stereocenters. The van der Waals surface area contributed by atoms with E-state index in [-0.39, 0.29) is 29.0 Å². The van der Waals surface area contributed by atoms with Gasteiger partial charge in [-0.05, 0) is 49.6 Å². The minimum atomic E-state index is -0.579. The number of carbonyl (C=O) groups is 4.